The van der Waals surface area contributed by atoms with Crippen LogP contribution < -0.4 is 0 Å². The molecule has 1 heteroatoms. The van der Waals surface area contributed by atoms with Gasteiger partial charge in [-0.3, -0.25) is 0 Å². The molecule has 28 heavy (non-hydrogen) atoms. The van der Waals surface area contributed by atoms with E-state index in [4.69, 9.17) is 0 Å². The molecule has 0 aromatic carbocycles. The molecule has 6 unspecified atom stereocenters. The Morgan fingerprint density at radius 3 is 2.29 bits per heavy atom. The first-order valence-corrected chi connectivity index (χ1v) is 12.9. The predicted molar refractivity (Wildman–Crippen MR) is 119 cm³/mol. The van der Waals surface area contributed by atoms with E-state index < -0.39 is 0 Å². The standard InChI is InChI=1S/C27H48O/c1-18(2)7-6-8-19(3)23-11-12-24-22-10-9-20-17-21(28)13-15-26(20,4)25(22)14-16-27(23,24)5/h18-25,28H,6-17H2,1-5H3/t19?,20?,21?,22?,23-,24?,25?,26+,27-/m1/s1. The van der Waals surface area contributed by atoms with E-state index in [9.17, 15) is 5.11 Å². The van der Waals surface area contributed by atoms with E-state index in [-0.39, 0.29) is 6.10 Å². The molecule has 0 radical (unpaired) electrons. The van der Waals surface area contributed by atoms with E-state index in [0.29, 0.717) is 10.8 Å². The highest BCUT2D eigenvalue weighted by atomic mass is 16.3. The summed E-state index contributed by atoms with van der Waals surface area (Å²) in [5, 5.41) is 10.3. The number of aliphatic hydroxyl groups excluding tert-OH is 1. The molecule has 4 rings (SSSR count). The first-order valence-electron chi connectivity index (χ1n) is 12.9. The van der Waals surface area contributed by atoms with Gasteiger partial charge in [0.15, 0.2) is 0 Å². The molecule has 0 amide bonds. The van der Waals surface area contributed by atoms with Crippen LogP contribution >= 0.6 is 0 Å². The Balaban J connectivity index is 1.46. The van der Waals surface area contributed by atoms with Crippen molar-refractivity contribution in [2.45, 2.75) is 118 Å². The maximum atomic E-state index is 10.3. The second-order valence-electron chi connectivity index (χ2n) is 12.6. The van der Waals surface area contributed by atoms with Gasteiger partial charge in [0.05, 0.1) is 6.10 Å². The normalized spacial score (nSPS) is 49.4. The lowest BCUT2D eigenvalue weighted by molar-refractivity contribution is -0.129. The highest BCUT2D eigenvalue weighted by Crippen LogP contribution is 2.68. The fourth-order valence-electron chi connectivity index (χ4n) is 9.26. The number of rotatable bonds is 5. The molecule has 0 bridgehead atoms. The molecule has 0 aromatic rings. The largest absolute Gasteiger partial charge is 0.393 e. The second kappa shape index (κ2) is 7.90. The molecule has 0 aliphatic heterocycles. The van der Waals surface area contributed by atoms with Gasteiger partial charge < -0.3 is 5.11 Å². The minimum atomic E-state index is -0.00830. The molecule has 1 N–H and O–H groups in total. The maximum Gasteiger partial charge on any atom is 0.0543 e. The summed E-state index contributed by atoms with van der Waals surface area (Å²) in [6.45, 7) is 12.7. The fraction of sp³-hybridized carbons (Fsp3) is 1.00. The van der Waals surface area contributed by atoms with E-state index in [0.717, 1.165) is 54.3 Å². The minimum absolute atomic E-state index is 0.00830. The van der Waals surface area contributed by atoms with Crippen LogP contribution in [0.1, 0.15) is 112 Å². The first kappa shape index (κ1) is 21.2. The molecule has 9 atom stereocenters. The van der Waals surface area contributed by atoms with Gasteiger partial charge >= 0.3 is 0 Å². The quantitative estimate of drug-likeness (QED) is 0.518. The molecular formula is C27H48O. The summed E-state index contributed by atoms with van der Waals surface area (Å²) < 4.78 is 0. The predicted octanol–water partition coefficient (Wildman–Crippen LogP) is 7.47. The van der Waals surface area contributed by atoms with Crippen molar-refractivity contribution in [1.82, 2.24) is 0 Å². The van der Waals surface area contributed by atoms with E-state index in [1.807, 2.05) is 0 Å². The average molecular weight is 389 g/mol. The molecule has 4 fully saturated rings. The van der Waals surface area contributed by atoms with Gasteiger partial charge in [-0.1, -0.05) is 53.9 Å². The molecule has 0 saturated heterocycles. The zero-order valence-corrected chi connectivity index (χ0v) is 19.6. The van der Waals surface area contributed by atoms with Crippen molar-refractivity contribution in [2.24, 2.45) is 52.3 Å². The minimum Gasteiger partial charge on any atom is -0.393 e. The van der Waals surface area contributed by atoms with Crippen LogP contribution in [0.2, 0.25) is 0 Å². The molecule has 4 aliphatic rings. The van der Waals surface area contributed by atoms with Crippen molar-refractivity contribution in [3.63, 3.8) is 0 Å². The van der Waals surface area contributed by atoms with Crippen molar-refractivity contribution in [1.29, 1.82) is 0 Å². The summed E-state index contributed by atoms with van der Waals surface area (Å²) in [5.41, 5.74) is 1.15. The maximum absolute atomic E-state index is 10.3. The second-order valence-corrected chi connectivity index (χ2v) is 12.6. The number of fused-ring (bicyclic) bond motifs is 5. The third-order valence-corrected chi connectivity index (χ3v) is 10.8. The summed E-state index contributed by atoms with van der Waals surface area (Å²) in [4.78, 5) is 0. The summed E-state index contributed by atoms with van der Waals surface area (Å²) in [7, 11) is 0. The van der Waals surface area contributed by atoms with Crippen LogP contribution in [-0.2, 0) is 0 Å². The SMILES string of the molecule is CC(C)CCCC(C)[C@H]1CCC2C3CCC4CC(O)CC[C@]4(C)C3CC[C@@]21C. The molecule has 0 heterocycles. The lowest BCUT2D eigenvalue weighted by atomic mass is 9.44. The van der Waals surface area contributed by atoms with Crippen LogP contribution in [0.3, 0.4) is 0 Å². The number of hydrogen-bond donors (Lipinski definition) is 1. The first-order chi connectivity index (χ1) is 13.3. The van der Waals surface area contributed by atoms with Gasteiger partial charge in [-0.15, -0.1) is 0 Å². The third kappa shape index (κ3) is 3.50. The molecule has 162 valence electrons. The highest BCUT2D eigenvalue weighted by Gasteiger charge is 2.60. The van der Waals surface area contributed by atoms with Crippen LogP contribution in [0.15, 0.2) is 0 Å². The van der Waals surface area contributed by atoms with Gasteiger partial charge in [0.1, 0.15) is 0 Å². The summed E-state index contributed by atoms with van der Waals surface area (Å²) in [5.74, 6) is 6.49. The highest BCUT2D eigenvalue weighted by molar-refractivity contribution is 5.09. The third-order valence-electron chi connectivity index (χ3n) is 10.8. The monoisotopic (exact) mass is 388 g/mol. The van der Waals surface area contributed by atoms with Gasteiger partial charge in [-0.2, -0.15) is 0 Å². The van der Waals surface area contributed by atoms with Crippen molar-refractivity contribution in [3.05, 3.63) is 0 Å². The van der Waals surface area contributed by atoms with Crippen LogP contribution in [0.5, 0.6) is 0 Å². The van der Waals surface area contributed by atoms with E-state index in [2.05, 4.69) is 34.6 Å². The Morgan fingerprint density at radius 1 is 0.821 bits per heavy atom. The Bertz CT molecular complexity index is 540. The number of aliphatic hydroxyl groups is 1. The molecule has 4 saturated carbocycles. The van der Waals surface area contributed by atoms with E-state index >= 15 is 0 Å². The van der Waals surface area contributed by atoms with Gasteiger partial charge in [0.2, 0.25) is 0 Å². The van der Waals surface area contributed by atoms with Gasteiger partial charge in [0, 0.05) is 0 Å². The van der Waals surface area contributed by atoms with Crippen molar-refractivity contribution < 1.29 is 5.11 Å². The Morgan fingerprint density at radius 2 is 1.54 bits per heavy atom. The molecule has 4 aliphatic carbocycles. The zero-order valence-electron chi connectivity index (χ0n) is 19.6. The molecule has 0 aromatic heterocycles. The summed E-state index contributed by atoms with van der Waals surface area (Å²) in [6.07, 6.45) is 16.6. The summed E-state index contributed by atoms with van der Waals surface area (Å²) in [6, 6.07) is 0. The van der Waals surface area contributed by atoms with Crippen LogP contribution in [0, 0.1) is 52.3 Å². The Labute approximate surface area is 175 Å². The lowest BCUT2D eigenvalue weighted by Crippen LogP contribution is -2.54. The van der Waals surface area contributed by atoms with Crippen molar-refractivity contribution >= 4 is 0 Å². The summed E-state index contributed by atoms with van der Waals surface area (Å²) >= 11 is 0. The van der Waals surface area contributed by atoms with E-state index in [1.54, 1.807) is 0 Å². The molecule has 0 spiro atoms. The Hall–Kier alpha value is -0.0400. The van der Waals surface area contributed by atoms with Crippen molar-refractivity contribution in [3.8, 4) is 0 Å². The topological polar surface area (TPSA) is 20.2 Å². The van der Waals surface area contributed by atoms with Crippen LogP contribution in [-0.4, -0.2) is 11.2 Å². The Kier molecular flexibility index (Phi) is 5.98. The van der Waals surface area contributed by atoms with Crippen LogP contribution in [0.4, 0.5) is 0 Å². The van der Waals surface area contributed by atoms with E-state index in [1.165, 1.54) is 64.2 Å². The lowest BCUT2D eigenvalue weighted by Gasteiger charge is -2.61. The van der Waals surface area contributed by atoms with Crippen molar-refractivity contribution in [2.75, 3.05) is 0 Å². The zero-order chi connectivity index (χ0) is 20.1. The molecular weight excluding hydrogens is 340 g/mol. The van der Waals surface area contributed by atoms with Gasteiger partial charge in [-0.05, 0) is 110 Å². The molecule has 1 nitrogen and oxygen atoms in total. The smallest absolute Gasteiger partial charge is 0.0543 e. The average Bonchev–Trinajstić information content (AvgIpc) is 2.99. The van der Waals surface area contributed by atoms with Gasteiger partial charge in [-0.25, -0.2) is 0 Å². The van der Waals surface area contributed by atoms with Gasteiger partial charge in [0.25, 0.3) is 0 Å². The van der Waals surface area contributed by atoms with Crippen LogP contribution in [0.25, 0.3) is 0 Å². The number of hydrogen-bond acceptors (Lipinski definition) is 1. The fourth-order valence-corrected chi connectivity index (χ4v) is 9.26.